The summed E-state index contributed by atoms with van der Waals surface area (Å²) in [4.78, 5) is 23.0. The minimum Gasteiger partial charge on any atom is -0.493 e. The molecule has 2 rings (SSSR count). The number of carboxylic acid groups (broad SMARTS) is 1. The number of carbonyl (C=O) groups excluding carboxylic acids is 1. The predicted octanol–water partition coefficient (Wildman–Crippen LogP) is 3.49. The molecule has 0 aliphatic rings. The van der Waals surface area contributed by atoms with Crippen LogP contribution in [-0.2, 0) is 4.79 Å². The van der Waals surface area contributed by atoms with E-state index < -0.39 is 5.97 Å². The largest absolute Gasteiger partial charge is 0.493 e. The molecule has 0 saturated heterocycles. The molecule has 0 bridgehead atoms. The van der Waals surface area contributed by atoms with Crippen LogP contribution in [0.15, 0.2) is 48.5 Å². The van der Waals surface area contributed by atoms with Gasteiger partial charge in [-0.3, -0.25) is 4.79 Å². The molecule has 0 unspecified atom stereocenters. The van der Waals surface area contributed by atoms with Crippen LogP contribution in [0.3, 0.4) is 0 Å². The highest BCUT2D eigenvalue weighted by Crippen LogP contribution is 2.17. The highest BCUT2D eigenvalue weighted by Gasteiger charge is 2.11. The van der Waals surface area contributed by atoms with Crippen LogP contribution >= 0.6 is 0 Å². The van der Waals surface area contributed by atoms with Gasteiger partial charge in [0.1, 0.15) is 5.75 Å². The maximum atomic E-state index is 11.9. The Labute approximate surface area is 134 Å². The number of hydrogen-bond donors (Lipinski definition) is 2. The van der Waals surface area contributed by atoms with Gasteiger partial charge in [-0.1, -0.05) is 30.3 Å². The Morgan fingerprint density at radius 1 is 1.09 bits per heavy atom. The molecule has 0 saturated carbocycles. The Kier molecular flexibility index (Phi) is 5.74. The summed E-state index contributed by atoms with van der Waals surface area (Å²) < 4.78 is 5.63. The molecular formula is C18H19NO4. The lowest BCUT2D eigenvalue weighted by molar-refractivity contribution is -0.116. The number of amides is 1. The number of aromatic carboxylic acids is 1. The van der Waals surface area contributed by atoms with E-state index in [4.69, 9.17) is 9.84 Å². The molecule has 2 aromatic carbocycles. The van der Waals surface area contributed by atoms with Crippen molar-refractivity contribution in [3.63, 3.8) is 0 Å². The molecule has 0 fully saturated rings. The van der Waals surface area contributed by atoms with Crippen LogP contribution in [-0.4, -0.2) is 23.6 Å². The van der Waals surface area contributed by atoms with Gasteiger partial charge in [-0.05, 0) is 37.1 Å². The van der Waals surface area contributed by atoms with Crippen LogP contribution < -0.4 is 10.1 Å². The maximum Gasteiger partial charge on any atom is 0.337 e. The lowest BCUT2D eigenvalue weighted by Crippen LogP contribution is -2.15. The fourth-order valence-electron chi connectivity index (χ4n) is 2.12. The first kappa shape index (κ1) is 16.5. The van der Waals surface area contributed by atoms with Gasteiger partial charge in [-0.15, -0.1) is 0 Å². The van der Waals surface area contributed by atoms with E-state index in [2.05, 4.69) is 5.32 Å². The van der Waals surface area contributed by atoms with E-state index in [0.717, 1.165) is 11.3 Å². The van der Waals surface area contributed by atoms with Crippen LogP contribution in [0.2, 0.25) is 0 Å². The zero-order chi connectivity index (χ0) is 16.7. The highest BCUT2D eigenvalue weighted by molar-refractivity contribution is 6.00. The van der Waals surface area contributed by atoms with Crippen LogP contribution in [0.1, 0.15) is 28.8 Å². The van der Waals surface area contributed by atoms with E-state index >= 15 is 0 Å². The van der Waals surface area contributed by atoms with Crippen molar-refractivity contribution < 1.29 is 19.4 Å². The molecule has 0 atom stereocenters. The molecule has 0 aromatic heterocycles. The van der Waals surface area contributed by atoms with Crippen molar-refractivity contribution in [1.82, 2.24) is 0 Å². The molecule has 5 nitrogen and oxygen atoms in total. The molecule has 5 heteroatoms. The Hall–Kier alpha value is -2.82. The van der Waals surface area contributed by atoms with Gasteiger partial charge in [0.15, 0.2) is 0 Å². The Morgan fingerprint density at radius 2 is 1.78 bits per heavy atom. The van der Waals surface area contributed by atoms with Crippen molar-refractivity contribution >= 4 is 17.6 Å². The first-order valence-electron chi connectivity index (χ1n) is 7.38. The van der Waals surface area contributed by atoms with Crippen molar-refractivity contribution in [2.24, 2.45) is 0 Å². The quantitative estimate of drug-likeness (QED) is 0.767. The van der Waals surface area contributed by atoms with Gasteiger partial charge in [0, 0.05) is 6.42 Å². The zero-order valence-electron chi connectivity index (χ0n) is 12.9. The number of carbonyl (C=O) groups is 2. The molecule has 2 aromatic rings. The Balaban J connectivity index is 1.80. The van der Waals surface area contributed by atoms with Crippen molar-refractivity contribution in [2.45, 2.75) is 19.8 Å². The third-order valence-corrected chi connectivity index (χ3v) is 3.33. The normalized spacial score (nSPS) is 10.1. The third kappa shape index (κ3) is 4.85. The maximum absolute atomic E-state index is 11.9. The van der Waals surface area contributed by atoms with E-state index in [1.807, 2.05) is 31.2 Å². The average Bonchev–Trinajstić information content (AvgIpc) is 2.53. The second-order valence-corrected chi connectivity index (χ2v) is 5.12. The first-order chi connectivity index (χ1) is 11.1. The minimum atomic E-state index is -1.07. The van der Waals surface area contributed by atoms with Crippen LogP contribution in [0.4, 0.5) is 5.69 Å². The summed E-state index contributed by atoms with van der Waals surface area (Å²) >= 11 is 0. The van der Waals surface area contributed by atoms with Crippen molar-refractivity contribution in [1.29, 1.82) is 0 Å². The standard InChI is InChI=1S/C18H19NO4/c1-13-7-2-5-10-16(13)23-12-6-11-17(20)19-15-9-4-3-8-14(15)18(21)22/h2-5,7-10H,6,11-12H2,1H3,(H,19,20)(H,21,22). The minimum absolute atomic E-state index is 0.0806. The molecule has 120 valence electrons. The van der Waals surface area contributed by atoms with E-state index in [-0.39, 0.29) is 17.9 Å². The summed E-state index contributed by atoms with van der Waals surface area (Å²) in [6.45, 7) is 2.39. The predicted molar refractivity (Wildman–Crippen MR) is 87.9 cm³/mol. The Bertz CT molecular complexity index is 697. The number of para-hydroxylation sites is 2. The molecule has 0 aliphatic heterocycles. The summed E-state index contributed by atoms with van der Waals surface area (Å²) in [5.74, 6) is -0.486. The lowest BCUT2D eigenvalue weighted by atomic mass is 10.1. The fourth-order valence-corrected chi connectivity index (χ4v) is 2.12. The number of anilines is 1. The van der Waals surface area contributed by atoms with Gasteiger partial charge < -0.3 is 15.2 Å². The van der Waals surface area contributed by atoms with Crippen LogP contribution in [0.25, 0.3) is 0 Å². The van der Waals surface area contributed by atoms with E-state index in [1.54, 1.807) is 18.2 Å². The van der Waals surface area contributed by atoms with Gasteiger partial charge in [0.25, 0.3) is 0 Å². The number of nitrogens with one attached hydrogen (secondary N) is 1. The fraction of sp³-hybridized carbons (Fsp3) is 0.222. The number of benzene rings is 2. The summed E-state index contributed by atoms with van der Waals surface area (Å²) in [5, 5.41) is 11.7. The third-order valence-electron chi connectivity index (χ3n) is 3.33. The van der Waals surface area contributed by atoms with Gasteiger partial charge in [-0.25, -0.2) is 4.79 Å². The highest BCUT2D eigenvalue weighted by atomic mass is 16.5. The van der Waals surface area contributed by atoms with Crippen LogP contribution in [0, 0.1) is 6.92 Å². The van der Waals surface area contributed by atoms with Gasteiger partial charge in [0.2, 0.25) is 5.91 Å². The molecular weight excluding hydrogens is 294 g/mol. The van der Waals surface area contributed by atoms with Crippen molar-refractivity contribution in [3.05, 3.63) is 59.7 Å². The Morgan fingerprint density at radius 3 is 2.52 bits per heavy atom. The second-order valence-electron chi connectivity index (χ2n) is 5.12. The van der Waals surface area contributed by atoms with E-state index in [9.17, 15) is 9.59 Å². The summed E-state index contributed by atoms with van der Waals surface area (Å²) in [5.41, 5.74) is 1.44. The summed E-state index contributed by atoms with van der Waals surface area (Å²) in [6, 6.07) is 14.0. The zero-order valence-corrected chi connectivity index (χ0v) is 12.9. The molecule has 0 radical (unpaired) electrons. The molecule has 1 amide bonds. The average molecular weight is 313 g/mol. The van der Waals surface area contributed by atoms with Gasteiger partial charge >= 0.3 is 5.97 Å². The van der Waals surface area contributed by atoms with Gasteiger partial charge in [0.05, 0.1) is 17.9 Å². The number of ether oxygens (including phenoxy) is 1. The molecule has 0 spiro atoms. The van der Waals surface area contributed by atoms with Gasteiger partial charge in [-0.2, -0.15) is 0 Å². The lowest BCUT2D eigenvalue weighted by Gasteiger charge is -2.10. The van der Waals surface area contributed by atoms with Crippen LogP contribution in [0.5, 0.6) is 5.75 Å². The molecule has 23 heavy (non-hydrogen) atoms. The first-order valence-corrected chi connectivity index (χ1v) is 7.38. The number of carboxylic acids is 1. The monoisotopic (exact) mass is 313 g/mol. The number of hydrogen-bond acceptors (Lipinski definition) is 3. The number of rotatable bonds is 7. The van der Waals surface area contributed by atoms with E-state index in [0.29, 0.717) is 18.7 Å². The van der Waals surface area contributed by atoms with E-state index in [1.165, 1.54) is 6.07 Å². The topological polar surface area (TPSA) is 75.6 Å². The molecule has 0 aliphatic carbocycles. The number of aryl methyl sites for hydroxylation is 1. The second kappa shape index (κ2) is 7.98. The molecule has 2 N–H and O–H groups in total. The summed E-state index contributed by atoms with van der Waals surface area (Å²) in [7, 11) is 0. The smallest absolute Gasteiger partial charge is 0.337 e. The SMILES string of the molecule is Cc1ccccc1OCCCC(=O)Nc1ccccc1C(=O)O. The summed E-state index contributed by atoms with van der Waals surface area (Å²) in [6.07, 6.45) is 0.815. The van der Waals surface area contributed by atoms with Crippen molar-refractivity contribution in [3.8, 4) is 5.75 Å². The molecule has 0 heterocycles. The van der Waals surface area contributed by atoms with Crippen molar-refractivity contribution in [2.75, 3.05) is 11.9 Å².